The van der Waals surface area contributed by atoms with Crippen LogP contribution in [0, 0.1) is 0 Å². The molecule has 0 aliphatic carbocycles. The van der Waals surface area contributed by atoms with Gasteiger partial charge in [-0.2, -0.15) is 0 Å². The van der Waals surface area contributed by atoms with Gasteiger partial charge in [0.05, 0.1) is 11.8 Å². The van der Waals surface area contributed by atoms with Crippen LogP contribution in [0.3, 0.4) is 0 Å². The Morgan fingerprint density at radius 2 is 2.50 bits per heavy atom. The van der Waals surface area contributed by atoms with Crippen LogP contribution in [0.1, 0.15) is 23.7 Å². The summed E-state index contributed by atoms with van der Waals surface area (Å²) in [6, 6.07) is 1.63. The molecular formula is C10H10O2. The number of furan rings is 1. The van der Waals surface area contributed by atoms with E-state index in [9.17, 15) is 4.79 Å². The fraction of sp³-hybridized carbons (Fsp3) is 0.200. The van der Waals surface area contributed by atoms with Crippen molar-refractivity contribution in [2.24, 2.45) is 0 Å². The van der Waals surface area contributed by atoms with Gasteiger partial charge in [-0.25, -0.2) is 0 Å². The number of Topliss-reactive ketones (excluding diaryl/α,β-unsaturated/α-hetero) is 1. The summed E-state index contributed by atoms with van der Waals surface area (Å²) in [4.78, 5) is 11.5. The largest absolute Gasteiger partial charge is 0.472 e. The third-order valence-electron chi connectivity index (χ3n) is 1.62. The molecule has 0 aliphatic heterocycles. The molecular weight excluding hydrogens is 152 g/mol. The highest BCUT2D eigenvalue weighted by Crippen LogP contribution is 2.10. The van der Waals surface area contributed by atoms with Gasteiger partial charge in [-0.15, -0.1) is 5.73 Å². The first kappa shape index (κ1) is 8.57. The van der Waals surface area contributed by atoms with Crippen LogP contribution in [0.4, 0.5) is 0 Å². The minimum Gasteiger partial charge on any atom is -0.472 e. The van der Waals surface area contributed by atoms with Gasteiger partial charge in [0, 0.05) is 5.57 Å². The highest BCUT2D eigenvalue weighted by Gasteiger charge is 2.10. The summed E-state index contributed by atoms with van der Waals surface area (Å²) in [5, 5.41) is 0. The minimum absolute atomic E-state index is 0.0544. The molecule has 0 N–H and O–H groups in total. The van der Waals surface area contributed by atoms with Crippen LogP contribution in [-0.4, -0.2) is 5.78 Å². The number of allylic oxidation sites excluding steroid dienone is 1. The molecule has 0 aromatic carbocycles. The standard InChI is InChI=1S/C10H10O2/c1-3-8(4-2)10(11)9-5-6-12-7-9/h5-7H,1,4H2,2H3. The van der Waals surface area contributed by atoms with Gasteiger partial charge in [-0.3, -0.25) is 4.79 Å². The maximum atomic E-state index is 11.5. The van der Waals surface area contributed by atoms with Gasteiger partial charge in [0.1, 0.15) is 6.26 Å². The summed E-state index contributed by atoms with van der Waals surface area (Å²) >= 11 is 0. The second-order valence-electron chi connectivity index (χ2n) is 2.35. The van der Waals surface area contributed by atoms with Crippen LogP contribution in [0.15, 0.2) is 40.9 Å². The Bertz CT molecular complexity index is 314. The van der Waals surface area contributed by atoms with Crippen LogP contribution in [-0.2, 0) is 0 Å². The Labute approximate surface area is 71.2 Å². The van der Waals surface area contributed by atoms with Crippen LogP contribution in [0.2, 0.25) is 0 Å². The van der Waals surface area contributed by atoms with Crippen LogP contribution in [0.25, 0.3) is 0 Å². The minimum atomic E-state index is -0.0544. The van der Waals surface area contributed by atoms with Gasteiger partial charge in [0.2, 0.25) is 0 Å². The average molecular weight is 162 g/mol. The molecule has 1 aromatic rings. The maximum Gasteiger partial charge on any atom is 0.199 e. The molecule has 0 aliphatic rings. The van der Waals surface area contributed by atoms with Crippen molar-refractivity contribution in [2.45, 2.75) is 13.3 Å². The molecule has 0 fully saturated rings. The summed E-state index contributed by atoms with van der Waals surface area (Å²) in [6.07, 6.45) is 3.55. The quantitative estimate of drug-likeness (QED) is 0.388. The SMILES string of the molecule is C=C=C(CC)C(=O)c1ccoc1. The lowest BCUT2D eigenvalue weighted by atomic mass is 10.1. The molecule has 2 nitrogen and oxygen atoms in total. The van der Waals surface area contributed by atoms with Crippen LogP contribution < -0.4 is 0 Å². The van der Waals surface area contributed by atoms with Crippen molar-refractivity contribution in [3.8, 4) is 0 Å². The van der Waals surface area contributed by atoms with E-state index < -0.39 is 0 Å². The lowest BCUT2D eigenvalue weighted by molar-refractivity contribution is 0.103. The summed E-state index contributed by atoms with van der Waals surface area (Å²) < 4.78 is 4.79. The molecule has 1 rings (SSSR count). The van der Waals surface area contributed by atoms with E-state index in [4.69, 9.17) is 4.42 Å². The molecule has 0 saturated heterocycles. The topological polar surface area (TPSA) is 30.2 Å². The van der Waals surface area contributed by atoms with Crippen LogP contribution >= 0.6 is 0 Å². The maximum absolute atomic E-state index is 11.5. The summed E-state index contributed by atoms with van der Waals surface area (Å²) in [5.74, 6) is -0.0544. The van der Waals surface area contributed by atoms with Crippen molar-refractivity contribution >= 4 is 5.78 Å². The fourth-order valence-electron chi connectivity index (χ4n) is 0.934. The fourth-order valence-corrected chi connectivity index (χ4v) is 0.934. The van der Waals surface area contributed by atoms with Gasteiger partial charge in [-0.05, 0) is 12.5 Å². The highest BCUT2D eigenvalue weighted by molar-refractivity contribution is 6.08. The van der Waals surface area contributed by atoms with Crippen molar-refractivity contribution < 1.29 is 9.21 Å². The van der Waals surface area contributed by atoms with Gasteiger partial charge in [-0.1, -0.05) is 13.5 Å². The zero-order chi connectivity index (χ0) is 8.97. The lowest BCUT2D eigenvalue weighted by Crippen LogP contribution is -1.99. The highest BCUT2D eigenvalue weighted by atomic mass is 16.3. The third kappa shape index (κ3) is 1.55. The van der Waals surface area contributed by atoms with E-state index in [1.54, 1.807) is 6.07 Å². The van der Waals surface area contributed by atoms with Gasteiger partial charge < -0.3 is 4.42 Å². The molecule has 1 heterocycles. The van der Waals surface area contributed by atoms with Crippen molar-refractivity contribution in [1.29, 1.82) is 0 Å². The average Bonchev–Trinajstić information content (AvgIpc) is 2.58. The number of hydrogen-bond donors (Lipinski definition) is 0. The van der Waals surface area contributed by atoms with Gasteiger partial charge >= 0.3 is 0 Å². The van der Waals surface area contributed by atoms with E-state index in [2.05, 4.69) is 12.3 Å². The Morgan fingerprint density at radius 3 is 2.92 bits per heavy atom. The summed E-state index contributed by atoms with van der Waals surface area (Å²) in [7, 11) is 0. The Hall–Kier alpha value is -1.53. The van der Waals surface area contributed by atoms with Crippen molar-refractivity contribution in [3.63, 3.8) is 0 Å². The first-order chi connectivity index (χ1) is 5.79. The zero-order valence-corrected chi connectivity index (χ0v) is 6.96. The molecule has 2 heteroatoms. The van der Waals surface area contributed by atoms with Gasteiger partial charge in [0.15, 0.2) is 5.78 Å². The number of hydrogen-bond acceptors (Lipinski definition) is 2. The Balaban J connectivity index is 2.93. The second kappa shape index (κ2) is 3.74. The normalized spacial score (nSPS) is 9.08. The molecule has 0 bridgehead atoms. The number of ketones is 1. The number of carbonyl (C=O) groups excluding carboxylic acids is 1. The summed E-state index contributed by atoms with van der Waals surface area (Å²) in [6.45, 7) is 5.34. The molecule has 0 spiro atoms. The first-order valence-electron chi connectivity index (χ1n) is 3.75. The van der Waals surface area contributed by atoms with E-state index in [0.717, 1.165) is 0 Å². The van der Waals surface area contributed by atoms with E-state index in [1.165, 1.54) is 12.5 Å². The lowest BCUT2D eigenvalue weighted by Gasteiger charge is -1.95. The van der Waals surface area contributed by atoms with Crippen molar-refractivity contribution in [1.82, 2.24) is 0 Å². The van der Waals surface area contributed by atoms with E-state index >= 15 is 0 Å². The van der Waals surface area contributed by atoms with E-state index in [0.29, 0.717) is 17.6 Å². The van der Waals surface area contributed by atoms with Crippen molar-refractivity contribution in [3.05, 3.63) is 42.0 Å². The molecule has 12 heavy (non-hydrogen) atoms. The van der Waals surface area contributed by atoms with Gasteiger partial charge in [0.25, 0.3) is 0 Å². The zero-order valence-electron chi connectivity index (χ0n) is 6.96. The van der Waals surface area contributed by atoms with Crippen LogP contribution in [0.5, 0.6) is 0 Å². The molecule has 1 aromatic heterocycles. The Morgan fingerprint density at radius 1 is 1.75 bits per heavy atom. The predicted octanol–water partition coefficient (Wildman–Crippen LogP) is 2.58. The van der Waals surface area contributed by atoms with E-state index in [-0.39, 0.29) is 5.78 Å². The smallest absolute Gasteiger partial charge is 0.199 e. The monoisotopic (exact) mass is 162 g/mol. The molecule has 0 amide bonds. The number of carbonyl (C=O) groups is 1. The molecule has 0 atom stereocenters. The Kier molecular flexibility index (Phi) is 2.67. The second-order valence-corrected chi connectivity index (χ2v) is 2.35. The predicted molar refractivity (Wildman–Crippen MR) is 46.0 cm³/mol. The molecule has 0 unspecified atom stereocenters. The summed E-state index contributed by atoms with van der Waals surface area (Å²) in [5.41, 5.74) is 3.77. The molecule has 0 radical (unpaired) electrons. The van der Waals surface area contributed by atoms with Crippen molar-refractivity contribution in [2.75, 3.05) is 0 Å². The third-order valence-corrected chi connectivity index (χ3v) is 1.62. The molecule has 62 valence electrons. The molecule has 0 saturated carbocycles. The first-order valence-corrected chi connectivity index (χ1v) is 3.75. The van der Waals surface area contributed by atoms with E-state index in [1.807, 2.05) is 6.92 Å². The number of rotatable bonds is 3.